The lowest BCUT2D eigenvalue weighted by Crippen LogP contribution is -2.30. The second kappa shape index (κ2) is 5.17. The van der Waals surface area contributed by atoms with Crippen LogP contribution in [0.3, 0.4) is 0 Å². The van der Waals surface area contributed by atoms with Crippen LogP contribution in [-0.4, -0.2) is 43.5 Å². The van der Waals surface area contributed by atoms with Crippen LogP contribution in [0.1, 0.15) is 20.3 Å². The van der Waals surface area contributed by atoms with Crippen LogP contribution < -0.4 is 0 Å². The van der Waals surface area contributed by atoms with Gasteiger partial charge >= 0.3 is 0 Å². The SMILES string of the molecule is COC[C@@H]1CN(C(=O)CCCl)CC1(C)C. The van der Waals surface area contributed by atoms with Crippen LogP contribution in [0.4, 0.5) is 0 Å². The number of rotatable bonds is 4. The third-order valence-corrected chi connectivity index (χ3v) is 3.36. The molecule has 1 rings (SSSR count). The summed E-state index contributed by atoms with van der Waals surface area (Å²) in [6.45, 7) is 6.71. The lowest BCUT2D eigenvalue weighted by molar-refractivity contribution is -0.130. The number of nitrogens with zero attached hydrogens (tertiary/aromatic N) is 1. The first kappa shape index (κ1) is 12.8. The van der Waals surface area contributed by atoms with E-state index in [1.807, 2.05) is 4.90 Å². The van der Waals surface area contributed by atoms with Crippen molar-refractivity contribution in [2.24, 2.45) is 11.3 Å². The fourth-order valence-electron chi connectivity index (χ4n) is 2.11. The van der Waals surface area contributed by atoms with Gasteiger partial charge in [-0.3, -0.25) is 4.79 Å². The maximum Gasteiger partial charge on any atom is 0.223 e. The Kier molecular flexibility index (Phi) is 4.41. The summed E-state index contributed by atoms with van der Waals surface area (Å²) in [5, 5.41) is 0. The Balaban J connectivity index is 2.57. The fourth-order valence-corrected chi connectivity index (χ4v) is 2.27. The monoisotopic (exact) mass is 233 g/mol. The van der Waals surface area contributed by atoms with Gasteiger partial charge in [0, 0.05) is 38.4 Å². The quantitative estimate of drug-likeness (QED) is 0.693. The molecule has 0 aromatic carbocycles. The average Bonchev–Trinajstić information content (AvgIpc) is 2.44. The minimum atomic E-state index is 0.151. The van der Waals surface area contributed by atoms with Gasteiger partial charge in [0.2, 0.25) is 5.91 Å². The van der Waals surface area contributed by atoms with Crippen molar-refractivity contribution >= 4 is 17.5 Å². The molecule has 1 fully saturated rings. The third-order valence-electron chi connectivity index (χ3n) is 3.17. The van der Waals surface area contributed by atoms with Gasteiger partial charge in [-0.2, -0.15) is 0 Å². The number of likely N-dealkylation sites (tertiary alicyclic amines) is 1. The molecule has 0 N–H and O–H groups in total. The van der Waals surface area contributed by atoms with Crippen LogP contribution in [0.2, 0.25) is 0 Å². The molecule has 0 saturated carbocycles. The molecule has 4 heteroatoms. The minimum Gasteiger partial charge on any atom is -0.384 e. The molecule has 1 atom stereocenters. The van der Waals surface area contributed by atoms with Gasteiger partial charge < -0.3 is 9.64 Å². The van der Waals surface area contributed by atoms with Crippen LogP contribution in [0, 0.1) is 11.3 Å². The second-order valence-corrected chi connectivity index (χ2v) is 5.23. The molecule has 1 amide bonds. The molecule has 1 saturated heterocycles. The van der Waals surface area contributed by atoms with Gasteiger partial charge in [-0.15, -0.1) is 11.6 Å². The summed E-state index contributed by atoms with van der Waals surface area (Å²) in [4.78, 5) is 13.6. The van der Waals surface area contributed by atoms with Crippen LogP contribution in [0.5, 0.6) is 0 Å². The van der Waals surface area contributed by atoms with Crippen LogP contribution in [0.15, 0.2) is 0 Å². The summed E-state index contributed by atoms with van der Waals surface area (Å²) in [5.74, 6) is 1.00. The Labute approximate surface area is 96.7 Å². The van der Waals surface area contributed by atoms with E-state index in [0.29, 0.717) is 18.2 Å². The summed E-state index contributed by atoms with van der Waals surface area (Å²) in [6, 6.07) is 0. The summed E-state index contributed by atoms with van der Waals surface area (Å²) < 4.78 is 5.19. The van der Waals surface area contributed by atoms with Crippen molar-refractivity contribution in [2.75, 3.05) is 32.7 Å². The summed E-state index contributed by atoms with van der Waals surface area (Å²) in [5.41, 5.74) is 0.151. The van der Waals surface area contributed by atoms with Crippen molar-refractivity contribution in [3.05, 3.63) is 0 Å². The van der Waals surface area contributed by atoms with Crippen LogP contribution in [-0.2, 0) is 9.53 Å². The van der Waals surface area contributed by atoms with Crippen LogP contribution >= 0.6 is 11.6 Å². The van der Waals surface area contributed by atoms with Crippen molar-refractivity contribution in [2.45, 2.75) is 20.3 Å². The lowest BCUT2D eigenvalue weighted by Gasteiger charge is -2.24. The molecule has 0 spiro atoms. The predicted molar refractivity (Wildman–Crippen MR) is 61.1 cm³/mol. The van der Waals surface area contributed by atoms with E-state index in [1.165, 1.54) is 0 Å². The highest BCUT2D eigenvalue weighted by molar-refractivity contribution is 6.18. The Hall–Kier alpha value is -0.280. The fraction of sp³-hybridized carbons (Fsp3) is 0.909. The predicted octanol–water partition coefficient (Wildman–Crippen LogP) is 1.75. The van der Waals surface area contributed by atoms with Gasteiger partial charge in [-0.25, -0.2) is 0 Å². The van der Waals surface area contributed by atoms with E-state index in [0.717, 1.165) is 19.7 Å². The third kappa shape index (κ3) is 3.08. The average molecular weight is 234 g/mol. The van der Waals surface area contributed by atoms with Gasteiger partial charge in [-0.05, 0) is 5.41 Å². The number of hydrogen-bond acceptors (Lipinski definition) is 2. The maximum absolute atomic E-state index is 11.7. The van der Waals surface area contributed by atoms with E-state index >= 15 is 0 Å². The smallest absolute Gasteiger partial charge is 0.223 e. The van der Waals surface area contributed by atoms with E-state index in [-0.39, 0.29) is 11.3 Å². The van der Waals surface area contributed by atoms with Gasteiger partial charge in [0.05, 0.1) is 6.61 Å². The number of ether oxygens (including phenoxy) is 1. The molecule has 0 bridgehead atoms. The highest BCUT2D eigenvalue weighted by Crippen LogP contribution is 2.35. The minimum absolute atomic E-state index is 0.151. The number of halogens is 1. The molecule has 1 aliphatic heterocycles. The van der Waals surface area contributed by atoms with E-state index in [4.69, 9.17) is 16.3 Å². The molecule has 88 valence electrons. The number of amides is 1. The first-order valence-corrected chi connectivity index (χ1v) is 5.87. The molecule has 0 aromatic rings. The number of alkyl halides is 1. The van der Waals surface area contributed by atoms with Crippen molar-refractivity contribution in [3.8, 4) is 0 Å². The van der Waals surface area contributed by atoms with Gasteiger partial charge in [0.25, 0.3) is 0 Å². The second-order valence-electron chi connectivity index (χ2n) is 4.85. The number of carbonyl (C=O) groups is 1. The summed E-state index contributed by atoms with van der Waals surface area (Å²) in [6.07, 6.45) is 0.442. The van der Waals surface area contributed by atoms with Gasteiger partial charge in [0.1, 0.15) is 0 Å². The molecule has 0 unspecified atom stereocenters. The molecule has 15 heavy (non-hydrogen) atoms. The highest BCUT2D eigenvalue weighted by atomic mass is 35.5. The zero-order valence-corrected chi connectivity index (χ0v) is 10.5. The molecule has 0 aromatic heterocycles. The highest BCUT2D eigenvalue weighted by Gasteiger charge is 2.40. The van der Waals surface area contributed by atoms with Crippen molar-refractivity contribution in [3.63, 3.8) is 0 Å². The molecule has 3 nitrogen and oxygen atoms in total. The standard InChI is InChI=1S/C11H20ClNO2/c1-11(2)8-13(10(14)4-5-12)6-9(11)7-15-3/h9H,4-8H2,1-3H3/t9-/m0/s1. The number of methoxy groups -OCH3 is 1. The lowest BCUT2D eigenvalue weighted by atomic mass is 9.83. The zero-order valence-electron chi connectivity index (χ0n) is 9.75. The Morgan fingerprint density at radius 2 is 2.27 bits per heavy atom. The first-order chi connectivity index (χ1) is 7.01. The van der Waals surface area contributed by atoms with E-state index in [9.17, 15) is 4.79 Å². The number of hydrogen-bond donors (Lipinski definition) is 0. The van der Waals surface area contributed by atoms with E-state index < -0.39 is 0 Å². The molecule has 0 aliphatic carbocycles. The van der Waals surface area contributed by atoms with Crippen molar-refractivity contribution in [1.82, 2.24) is 4.90 Å². The van der Waals surface area contributed by atoms with E-state index in [1.54, 1.807) is 7.11 Å². The van der Waals surface area contributed by atoms with Gasteiger partial charge in [-0.1, -0.05) is 13.8 Å². The summed E-state index contributed by atoms with van der Waals surface area (Å²) in [7, 11) is 1.71. The Morgan fingerprint density at radius 1 is 1.60 bits per heavy atom. The topological polar surface area (TPSA) is 29.5 Å². The first-order valence-electron chi connectivity index (χ1n) is 5.34. The normalized spacial score (nSPS) is 24.5. The van der Waals surface area contributed by atoms with Crippen LogP contribution in [0.25, 0.3) is 0 Å². The maximum atomic E-state index is 11.7. The molecule has 1 aliphatic rings. The summed E-state index contributed by atoms with van der Waals surface area (Å²) >= 11 is 5.57. The van der Waals surface area contributed by atoms with Gasteiger partial charge in [0.15, 0.2) is 0 Å². The molecule has 0 radical (unpaired) electrons. The molecule has 1 heterocycles. The van der Waals surface area contributed by atoms with E-state index in [2.05, 4.69) is 13.8 Å². The molecular weight excluding hydrogens is 214 g/mol. The van der Waals surface area contributed by atoms with Crippen molar-refractivity contribution in [1.29, 1.82) is 0 Å². The Morgan fingerprint density at radius 3 is 2.80 bits per heavy atom. The zero-order chi connectivity index (χ0) is 11.5. The van der Waals surface area contributed by atoms with Crippen molar-refractivity contribution < 1.29 is 9.53 Å². The number of carbonyl (C=O) groups excluding carboxylic acids is 1. The largest absolute Gasteiger partial charge is 0.384 e. The Bertz CT molecular complexity index is 231. The molecular formula is C11H20ClNO2.